The number of amides is 1. The zero-order valence-electron chi connectivity index (χ0n) is 16.4. The second kappa shape index (κ2) is 8.36. The molecule has 29 heavy (non-hydrogen) atoms. The van der Waals surface area contributed by atoms with E-state index < -0.39 is 0 Å². The maximum absolute atomic E-state index is 12.9. The summed E-state index contributed by atoms with van der Waals surface area (Å²) < 4.78 is 0. The smallest absolute Gasteiger partial charge is 0.274 e. The number of hydrogen-bond donors (Lipinski definition) is 2. The van der Waals surface area contributed by atoms with Crippen molar-refractivity contribution in [1.82, 2.24) is 15.0 Å². The van der Waals surface area contributed by atoms with E-state index in [1.165, 1.54) is 0 Å². The Kier molecular flexibility index (Phi) is 5.48. The van der Waals surface area contributed by atoms with Gasteiger partial charge in [-0.25, -0.2) is 4.98 Å². The van der Waals surface area contributed by atoms with Gasteiger partial charge in [0.05, 0.1) is 29.0 Å². The molecule has 1 amide bonds. The van der Waals surface area contributed by atoms with Crippen LogP contribution in [0, 0.1) is 6.92 Å². The summed E-state index contributed by atoms with van der Waals surface area (Å²) in [6.07, 6.45) is 7.17. The summed E-state index contributed by atoms with van der Waals surface area (Å²) >= 11 is 0. The molecule has 3 N–H and O–H groups in total. The van der Waals surface area contributed by atoms with Crippen molar-refractivity contribution < 1.29 is 4.79 Å². The predicted molar refractivity (Wildman–Crippen MR) is 114 cm³/mol. The van der Waals surface area contributed by atoms with Crippen LogP contribution < -0.4 is 16.0 Å². The van der Waals surface area contributed by atoms with Gasteiger partial charge in [0.2, 0.25) is 0 Å². The number of nitrogens with zero attached hydrogens (tertiary/aromatic N) is 4. The first-order valence-electron chi connectivity index (χ1n) is 9.77. The van der Waals surface area contributed by atoms with Gasteiger partial charge in [-0.05, 0) is 49.6 Å². The molecule has 1 atom stereocenters. The van der Waals surface area contributed by atoms with Gasteiger partial charge in [0.25, 0.3) is 5.91 Å². The van der Waals surface area contributed by atoms with Crippen molar-refractivity contribution in [3.63, 3.8) is 0 Å². The van der Waals surface area contributed by atoms with Crippen molar-refractivity contribution in [2.75, 3.05) is 23.3 Å². The van der Waals surface area contributed by atoms with Gasteiger partial charge in [0.15, 0.2) is 0 Å². The van der Waals surface area contributed by atoms with E-state index in [0.717, 1.165) is 42.9 Å². The number of nitrogens with one attached hydrogen (secondary N) is 1. The maximum atomic E-state index is 12.9. The zero-order chi connectivity index (χ0) is 20.2. The highest BCUT2D eigenvalue weighted by molar-refractivity contribution is 6.04. The largest absolute Gasteiger partial charge is 0.368 e. The molecule has 1 aliphatic rings. The van der Waals surface area contributed by atoms with Crippen molar-refractivity contribution in [2.24, 2.45) is 5.73 Å². The molecule has 148 valence electrons. The normalized spacial score (nSPS) is 16.5. The Labute approximate surface area is 170 Å². The van der Waals surface area contributed by atoms with Crippen LogP contribution in [0.3, 0.4) is 0 Å². The number of aryl methyl sites for hydroxylation is 1. The lowest BCUT2D eigenvalue weighted by Gasteiger charge is -2.33. The second-order valence-corrected chi connectivity index (χ2v) is 7.27. The molecular formula is C22H24N6O. The SMILES string of the molecule is Cc1ccc(C(=O)Nc2cnccc2N2CCCC(N)C2)nc1-c1ccccn1. The van der Waals surface area contributed by atoms with Gasteiger partial charge in [-0.1, -0.05) is 12.1 Å². The molecule has 1 fully saturated rings. The molecule has 0 saturated carbocycles. The molecule has 4 heterocycles. The Morgan fingerprint density at radius 2 is 2.10 bits per heavy atom. The first-order chi connectivity index (χ1) is 14.1. The fraction of sp³-hybridized carbons (Fsp3) is 0.273. The fourth-order valence-electron chi connectivity index (χ4n) is 3.59. The quantitative estimate of drug-likeness (QED) is 0.713. The molecule has 3 aromatic heterocycles. The maximum Gasteiger partial charge on any atom is 0.274 e. The molecule has 0 aliphatic carbocycles. The number of piperidine rings is 1. The minimum atomic E-state index is -0.280. The monoisotopic (exact) mass is 388 g/mol. The summed E-state index contributed by atoms with van der Waals surface area (Å²) in [5.74, 6) is -0.280. The third-order valence-corrected chi connectivity index (χ3v) is 5.08. The number of rotatable bonds is 4. The summed E-state index contributed by atoms with van der Waals surface area (Å²) in [5.41, 5.74) is 10.5. The minimum absolute atomic E-state index is 0.139. The Morgan fingerprint density at radius 3 is 2.90 bits per heavy atom. The summed E-state index contributed by atoms with van der Waals surface area (Å²) in [6, 6.07) is 11.3. The molecule has 1 saturated heterocycles. The van der Waals surface area contributed by atoms with Crippen LogP contribution >= 0.6 is 0 Å². The van der Waals surface area contributed by atoms with Gasteiger partial charge >= 0.3 is 0 Å². The first kappa shape index (κ1) is 19.0. The fourth-order valence-corrected chi connectivity index (χ4v) is 3.59. The summed E-state index contributed by atoms with van der Waals surface area (Å²) in [4.78, 5) is 28.2. The topological polar surface area (TPSA) is 97.0 Å². The summed E-state index contributed by atoms with van der Waals surface area (Å²) in [5, 5.41) is 2.97. The number of pyridine rings is 3. The number of hydrogen-bond acceptors (Lipinski definition) is 6. The van der Waals surface area contributed by atoms with E-state index in [1.54, 1.807) is 24.7 Å². The first-order valence-corrected chi connectivity index (χ1v) is 9.77. The van der Waals surface area contributed by atoms with Crippen molar-refractivity contribution in [3.05, 3.63) is 66.2 Å². The zero-order valence-corrected chi connectivity index (χ0v) is 16.4. The molecule has 0 bridgehead atoms. The predicted octanol–water partition coefficient (Wildman–Crippen LogP) is 3.03. The van der Waals surface area contributed by atoms with E-state index in [2.05, 4.69) is 25.2 Å². The Balaban J connectivity index is 1.59. The highest BCUT2D eigenvalue weighted by Crippen LogP contribution is 2.28. The number of carbonyl (C=O) groups excluding carboxylic acids is 1. The Bertz CT molecular complexity index is 1010. The second-order valence-electron chi connectivity index (χ2n) is 7.27. The third-order valence-electron chi connectivity index (χ3n) is 5.08. The lowest BCUT2D eigenvalue weighted by molar-refractivity contribution is 0.102. The average Bonchev–Trinajstić information content (AvgIpc) is 2.75. The Hall–Kier alpha value is -3.32. The molecular weight excluding hydrogens is 364 g/mol. The van der Waals surface area contributed by atoms with E-state index in [1.807, 2.05) is 37.3 Å². The molecule has 0 spiro atoms. The minimum Gasteiger partial charge on any atom is -0.368 e. The number of nitrogens with two attached hydrogens (primary N) is 1. The average molecular weight is 388 g/mol. The van der Waals surface area contributed by atoms with Crippen molar-refractivity contribution in [3.8, 4) is 11.4 Å². The molecule has 0 aromatic carbocycles. The molecule has 0 radical (unpaired) electrons. The Morgan fingerprint density at radius 1 is 1.21 bits per heavy atom. The molecule has 1 aliphatic heterocycles. The van der Waals surface area contributed by atoms with Gasteiger partial charge in [0.1, 0.15) is 5.69 Å². The van der Waals surface area contributed by atoms with Crippen molar-refractivity contribution >= 4 is 17.3 Å². The third kappa shape index (κ3) is 4.25. The van der Waals surface area contributed by atoms with Crippen LogP contribution in [-0.4, -0.2) is 40.0 Å². The van der Waals surface area contributed by atoms with E-state index in [9.17, 15) is 4.79 Å². The van der Waals surface area contributed by atoms with Crippen LogP contribution in [-0.2, 0) is 0 Å². The van der Waals surface area contributed by atoms with E-state index in [4.69, 9.17) is 5.73 Å². The van der Waals surface area contributed by atoms with Crippen LogP contribution in [0.1, 0.15) is 28.9 Å². The van der Waals surface area contributed by atoms with E-state index in [-0.39, 0.29) is 11.9 Å². The van der Waals surface area contributed by atoms with Crippen LogP contribution in [0.25, 0.3) is 11.4 Å². The standard InChI is InChI=1S/C22H24N6O/c1-15-7-8-18(26-21(15)17-6-2-3-10-25-17)22(29)27-19-13-24-11-9-20(19)28-12-4-5-16(23)14-28/h2-3,6-11,13,16H,4-5,12,14,23H2,1H3,(H,27,29). The van der Waals surface area contributed by atoms with Gasteiger partial charge in [-0.3, -0.25) is 14.8 Å². The van der Waals surface area contributed by atoms with Crippen LogP contribution in [0.15, 0.2) is 55.0 Å². The van der Waals surface area contributed by atoms with Gasteiger partial charge < -0.3 is 16.0 Å². The van der Waals surface area contributed by atoms with E-state index >= 15 is 0 Å². The summed E-state index contributed by atoms with van der Waals surface area (Å²) in [7, 11) is 0. The lowest BCUT2D eigenvalue weighted by Crippen LogP contribution is -2.43. The van der Waals surface area contributed by atoms with Crippen molar-refractivity contribution in [1.29, 1.82) is 0 Å². The number of anilines is 2. The van der Waals surface area contributed by atoms with E-state index in [0.29, 0.717) is 17.1 Å². The molecule has 1 unspecified atom stereocenters. The van der Waals surface area contributed by atoms with Gasteiger partial charge in [-0.15, -0.1) is 0 Å². The number of carbonyl (C=O) groups is 1. The summed E-state index contributed by atoms with van der Waals surface area (Å²) in [6.45, 7) is 3.63. The molecule has 7 heteroatoms. The lowest BCUT2D eigenvalue weighted by atomic mass is 10.1. The molecule has 7 nitrogen and oxygen atoms in total. The molecule has 3 aromatic rings. The van der Waals surface area contributed by atoms with Gasteiger partial charge in [-0.2, -0.15) is 0 Å². The number of aromatic nitrogens is 3. The van der Waals surface area contributed by atoms with Crippen LogP contribution in [0.4, 0.5) is 11.4 Å². The van der Waals surface area contributed by atoms with Crippen LogP contribution in [0.5, 0.6) is 0 Å². The van der Waals surface area contributed by atoms with Crippen molar-refractivity contribution in [2.45, 2.75) is 25.8 Å². The van der Waals surface area contributed by atoms with Gasteiger partial charge in [0, 0.05) is 31.5 Å². The highest BCUT2D eigenvalue weighted by Gasteiger charge is 2.21. The highest BCUT2D eigenvalue weighted by atomic mass is 16.1. The molecule has 4 rings (SSSR count). The van der Waals surface area contributed by atoms with Crippen LogP contribution in [0.2, 0.25) is 0 Å².